The monoisotopic (exact) mass is 227 g/mol. The Morgan fingerprint density at radius 2 is 2.38 bits per heavy atom. The van der Waals surface area contributed by atoms with Gasteiger partial charge in [-0.1, -0.05) is 0 Å². The number of amides is 1. The number of carbonyl (C=O) groups is 1. The number of rotatable bonds is 3. The Labute approximate surface area is 96.5 Å². The van der Waals surface area contributed by atoms with Gasteiger partial charge in [0.05, 0.1) is 12.6 Å². The Balaban J connectivity index is 1.81. The molecule has 0 aromatic rings. The summed E-state index contributed by atoms with van der Waals surface area (Å²) in [6.45, 7) is 5.09. The molecule has 1 amide bonds. The predicted octanol–water partition coefficient (Wildman–Crippen LogP) is -0.957. The zero-order valence-corrected chi connectivity index (χ0v) is 9.87. The largest absolute Gasteiger partial charge is 0.384 e. The first-order valence-corrected chi connectivity index (χ1v) is 6.03. The van der Waals surface area contributed by atoms with Crippen LogP contribution in [0.15, 0.2) is 0 Å². The van der Waals surface area contributed by atoms with E-state index in [1.807, 2.05) is 4.90 Å². The van der Waals surface area contributed by atoms with Crippen LogP contribution in [0, 0.1) is 5.92 Å². The van der Waals surface area contributed by atoms with Crippen molar-refractivity contribution in [1.82, 2.24) is 15.5 Å². The van der Waals surface area contributed by atoms with E-state index >= 15 is 0 Å². The first-order valence-electron chi connectivity index (χ1n) is 6.03. The van der Waals surface area contributed by atoms with Gasteiger partial charge in [0.2, 0.25) is 5.91 Å². The van der Waals surface area contributed by atoms with Crippen molar-refractivity contribution in [3.8, 4) is 0 Å². The zero-order valence-electron chi connectivity index (χ0n) is 9.87. The molecule has 2 aliphatic heterocycles. The van der Waals surface area contributed by atoms with Gasteiger partial charge in [-0.15, -0.1) is 0 Å². The molecule has 0 saturated carbocycles. The van der Waals surface area contributed by atoms with Gasteiger partial charge in [0.1, 0.15) is 0 Å². The Morgan fingerprint density at radius 3 is 3.06 bits per heavy atom. The molecule has 0 bridgehead atoms. The van der Waals surface area contributed by atoms with Crippen LogP contribution < -0.4 is 10.6 Å². The third-order valence-electron chi connectivity index (χ3n) is 3.34. The second kappa shape index (κ2) is 5.61. The SMILES string of the molecule is COCC1CCN(C(=O)C2CNCCN2)C1. The first-order chi connectivity index (χ1) is 7.81. The Hall–Kier alpha value is -0.650. The summed E-state index contributed by atoms with van der Waals surface area (Å²) in [5, 5.41) is 6.50. The van der Waals surface area contributed by atoms with E-state index in [9.17, 15) is 4.79 Å². The molecule has 0 aromatic heterocycles. The Morgan fingerprint density at radius 1 is 1.50 bits per heavy atom. The molecule has 2 heterocycles. The fourth-order valence-electron chi connectivity index (χ4n) is 2.45. The van der Waals surface area contributed by atoms with Crippen LogP contribution in [-0.4, -0.2) is 63.3 Å². The minimum atomic E-state index is -0.0324. The van der Waals surface area contributed by atoms with E-state index < -0.39 is 0 Å². The summed E-state index contributed by atoms with van der Waals surface area (Å²) in [4.78, 5) is 14.1. The van der Waals surface area contributed by atoms with Crippen molar-refractivity contribution in [3.05, 3.63) is 0 Å². The van der Waals surface area contributed by atoms with Crippen LogP contribution in [0.25, 0.3) is 0 Å². The Bertz CT molecular complexity index is 241. The maximum Gasteiger partial charge on any atom is 0.241 e. The summed E-state index contributed by atoms with van der Waals surface area (Å²) in [7, 11) is 1.72. The molecule has 5 heteroatoms. The lowest BCUT2D eigenvalue weighted by atomic mass is 10.1. The standard InChI is InChI=1S/C11H21N3O2/c1-16-8-9-2-5-14(7-9)11(15)10-6-12-3-4-13-10/h9-10,12-13H,2-8H2,1H3. The van der Waals surface area contributed by atoms with Crippen LogP contribution in [-0.2, 0) is 9.53 Å². The molecule has 2 saturated heterocycles. The smallest absolute Gasteiger partial charge is 0.241 e. The fourth-order valence-corrected chi connectivity index (χ4v) is 2.45. The molecular weight excluding hydrogens is 206 g/mol. The molecule has 92 valence electrons. The lowest BCUT2D eigenvalue weighted by molar-refractivity contribution is -0.132. The summed E-state index contributed by atoms with van der Waals surface area (Å²) in [5.74, 6) is 0.760. The molecule has 16 heavy (non-hydrogen) atoms. The van der Waals surface area contributed by atoms with Crippen molar-refractivity contribution in [1.29, 1.82) is 0 Å². The van der Waals surface area contributed by atoms with E-state index in [-0.39, 0.29) is 11.9 Å². The number of nitrogens with zero attached hydrogens (tertiary/aromatic N) is 1. The second-order valence-corrected chi connectivity index (χ2v) is 4.61. The molecule has 2 atom stereocenters. The van der Waals surface area contributed by atoms with Crippen molar-refractivity contribution in [2.45, 2.75) is 12.5 Å². The van der Waals surface area contributed by atoms with Gasteiger partial charge in [-0.25, -0.2) is 0 Å². The number of ether oxygens (including phenoxy) is 1. The van der Waals surface area contributed by atoms with E-state index in [1.165, 1.54) is 0 Å². The summed E-state index contributed by atoms with van der Waals surface area (Å²) in [6, 6.07) is -0.0324. The van der Waals surface area contributed by atoms with Gasteiger partial charge in [-0.3, -0.25) is 4.79 Å². The van der Waals surface area contributed by atoms with Crippen molar-refractivity contribution < 1.29 is 9.53 Å². The highest BCUT2D eigenvalue weighted by molar-refractivity contribution is 5.82. The van der Waals surface area contributed by atoms with Crippen molar-refractivity contribution in [3.63, 3.8) is 0 Å². The lowest BCUT2D eigenvalue weighted by Crippen LogP contribution is -2.56. The molecule has 0 spiro atoms. The van der Waals surface area contributed by atoms with Gasteiger partial charge in [0.15, 0.2) is 0 Å². The fraction of sp³-hybridized carbons (Fsp3) is 0.909. The summed E-state index contributed by atoms with van der Waals surface area (Å²) >= 11 is 0. The third kappa shape index (κ3) is 2.72. The number of hydrogen-bond donors (Lipinski definition) is 2. The zero-order chi connectivity index (χ0) is 11.4. The van der Waals surface area contributed by atoms with Gasteiger partial charge in [-0.05, 0) is 6.42 Å². The number of nitrogens with one attached hydrogen (secondary N) is 2. The van der Waals surface area contributed by atoms with Gasteiger partial charge in [0.25, 0.3) is 0 Å². The van der Waals surface area contributed by atoms with Crippen LogP contribution in [0.3, 0.4) is 0 Å². The van der Waals surface area contributed by atoms with E-state index in [4.69, 9.17) is 4.74 Å². The molecule has 2 fully saturated rings. The first kappa shape index (κ1) is 11.8. The van der Waals surface area contributed by atoms with Gasteiger partial charge in [-0.2, -0.15) is 0 Å². The van der Waals surface area contributed by atoms with E-state index in [2.05, 4.69) is 10.6 Å². The molecule has 0 aromatic carbocycles. The van der Waals surface area contributed by atoms with Crippen molar-refractivity contribution >= 4 is 5.91 Å². The van der Waals surface area contributed by atoms with Gasteiger partial charge in [0, 0.05) is 45.8 Å². The van der Waals surface area contributed by atoms with Crippen LogP contribution in [0.1, 0.15) is 6.42 Å². The number of methoxy groups -OCH3 is 1. The molecule has 2 rings (SSSR count). The lowest BCUT2D eigenvalue weighted by Gasteiger charge is -2.28. The molecule has 0 radical (unpaired) electrons. The number of piperazine rings is 1. The molecular formula is C11H21N3O2. The number of likely N-dealkylation sites (tertiary alicyclic amines) is 1. The van der Waals surface area contributed by atoms with Gasteiger partial charge >= 0.3 is 0 Å². The third-order valence-corrected chi connectivity index (χ3v) is 3.34. The highest BCUT2D eigenvalue weighted by atomic mass is 16.5. The second-order valence-electron chi connectivity index (χ2n) is 4.61. The van der Waals surface area contributed by atoms with Crippen molar-refractivity contribution in [2.24, 2.45) is 5.92 Å². The summed E-state index contributed by atoms with van der Waals surface area (Å²) in [6.07, 6.45) is 1.07. The average Bonchev–Trinajstić information content (AvgIpc) is 2.78. The van der Waals surface area contributed by atoms with E-state index in [1.54, 1.807) is 7.11 Å². The number of carbonyl (C=O) groups excluding carboxylic acids is 1. The predicted molar refractivity (Wildman–Crippen MR) is 61.2 cm³/mol. The Kier molecular flexibility index (Phi) is 4.15. The van der Waals surface area contributed by atoms with Crippen LogP contribution in [0.2, 0.25) is 0 Å². The van der Waals surface area contributed by atoms with Crippen LogP contribution in [0.5, 0.6) is 0 Å². The summed E-state index contributed by atoms with van der Waals surface area (Å²) in [5.41, 5.74) is 0. The minimum absolute atomic E-state index is 0.0324. The molecule has 2 unspecified atom stereocenters. The topological polar surface area (TPSA) is 53.6 Å². The quantitative estimate of drug-likeness (QED) is 0.652. The van der Waals surface area contributed by atoms with E-state index in [0.717, 1.165) is 45.8 Å². The van der Waals surface area contributed by atoms with Crippen LogP contribution in [0.4, 0.5) is 0 Å². The van der Waals surface area contributed by atoms with Crippen LogP contribution >= 0.6 is 0 Å². The van der Waals surface area contributed by atoms with E-state index in [0.29, 0.717) is 5.92 Å². The normalized spacial score (nSPS) is 30.7. The highest BCUT2D eigenvalue weighted by Crippen LogP contribution is 2.17. The number of hydrogen-bond acceptors (Lipinski definition) is 4. The van der Waals surface area contributed by atoms with Gasteiger partial charge < -0.3 is 20.3 Å². The maximum atomic E-state index is 12.1. The molecule has 0 aliphatic carbocycles. The molecule has 2 N–H and O–H groups in total. The summed E-state index contributed by atoms with van der Waals surface area (Å²) < 4.78 is 5.13. The minimum Gasteiger partial charge on any atom is -0.384 e. The highest BCUT2D eigenvalue weighted by Gasteiger charge is 2.31. The van der Waals surface area contributed by atoms with Crippen molar-refractivity contribution in [2.75, 3.05) is 46.4 Å². The average molecular weight is 227 g/mol. The maximum absolute atomic E-state index is 12.1. The molecule has 5 nitrogen and oxygen atoms in total. The molecule has 2 aliphatic rings.